The maximum absolute atomic E-state index is 13.6. The lowest BCUT2D eigenvalue weighted by molar-refractivity contribution is -0.137. The first-order valence-corrected chi connectivity index (χ1v) is 9.69. The van der Waals surface area contributed by atoms with Crippen molar-refractivity contribution < 1.29 is 27.4 Å². The molecule has 0 unspecified atom stereocenters. The summed E-state index contributed by atoms with van der Waals surface area (Å²) in [6.45, 7) is 3.18. The van der Waals surface area contributed by atoms with Crippen molar-refractivity contribution in [2.75, 3.05) is 50.2 Å². The van der Waals surface area contributed by atoms with Crippen molar-refractivity contribution in [1.29, 1.82) is 0 Å². The Labute approximate surface area is 171 Å². The Balaban J connectivity index is 1.75. The zero-order chi connectivity index (χ0) is 21.1. The summed E-state index contributed by atoms with van der Waals surface area (Å²) in [6, 6.07) is 2.23. The molecular formula is C19H22F3N5O3. The van der Waals surface area contributed by atoms with Crippen LogP contribution < -0.4 is 15.4 Å². The third-order valence-corrected chi connectivity index (χ3v) is 4.95. The van der Waals surface area contributed by atoms with Gasteiger partial charge in [-0.25, -0.2) is 9.97 Å². The summed E-state index contributed by atoms with van der Waals surface area (Å²) in [5, 5.41) is 0. The van der Waals surface area contributed by atoms with Crippen molar-refractivity contribution in [2.45, 2.75) is 25.1 Å². The number of aromatic nitrogens is 3. The lowest BCUT2D eigenvalue weighted by atomic mass is 10.1. The smallest absolute Gasteiger partial charge is 0.417 e. The van der Waals surface area contributed by atoms with Gasteiger partial charge in [-0.2, -0.15) is 18.2 Å². The minimum atomic E-state index is -4.61. The van der Waals surface area contributed by atoms with Gasteiger partial charge in [-0.3, -0.25) is 0 Å². The molecule has 0 spiro atoms. The third-order valence-electron chi connectivity index (χ3n) is 4.95. The summed E-state index contributed by atoms with van der Waals surface area (Å²) in [4.78, 5) is 14.6. The summed E-state index contributed by atoms with van der Waals surface area (Å²) >= 11 is 0. The number of pyridine rings is 1. The molecule has 0 aliphatic carbocycles. The zero-order valence-electron chi connectivity index (χ0n) is 16.2. The summed E-state index contributed by atoms with van der Waals surface area (Å²) in [7, 11) is 0. The van der Waals surface area contributed by atoms with E-state index in [1.54, 1.807) is 0 Å². The van der Waals surface area contributed by atoms with Crippen molar-refractivity contribution in [3.8, 4) is 17.1 Å². The fourth-order valence-electron chi connectivity index (χ4n) is 3.39. The first-order chi connectivity index (χ1) is 14.4. The van der Waals surface area contributed by atoms with Gasteiger partial charge < -0.3 is 24.8 Å². The normalized spacial score (nSPS) is 18.4. The number of rotatable bonds is 4. The number of ether oxygens (including phenoxy) is 3. The molecule has 8 nitrogen and oxygen atoms in total. The number of anilines is 2. The van der Waals surface area contributed by atoms with E-state index in [4.69, 9.17) is 19.9 Å². The molecule has 2 N–H and O–H groups in total. The van der Waals surface area contributed by atoms with E-state index in [1.807, 2.05) is 4.90 Å². The highest BCUT2D eigenvalue weighted by Gasteiger charge is 2.35. The molecule has 0 atom stereocenters. The molecule has 11 heteroatoms. The Morgan fingerprint density at radius 1 is 1.03 bits per heavy atom. The van der Waals surface area contributed by atoms with Crippen molar-refractivity contribution in [3.05, 3.63) is 23.9 Å². The Morgan fingerprint density at radius 2 is 1.73 bits per heavy atom. The van der Waals surface area contributed by atoms with Gasteiger partial charge in [-0.05, 0) is 6.07 Å². The van der Waals surface area contributed by atoms with Crippen LogP contribution in [0.3, 0.4) is 0 Å². The van der Waals surface area contributed by atoms with E-state index in [1.165, 1.54) is 6.07 Å². The number of nitrogen functional groups attached to an aromatic ring is 1. The Kier molecular flexibility index (Phi) is 5.91. The van der Waals surface area contributed by atoms with E-state index >= 15 is 0 Å². The van der Waals surface area contributed by atoms with Crippen LogP contribution in [0.5, 0.6) is 5.88 Å². The van der Waals surface area contributed by atoms with Gasteiger partial charge in [-0.15, -0.1) is 0 Å². The summed E-state index contributed by atoms with van der Waals surface area (Å²) in [6.07, 6.45) is -2.28. The van der Waals surface area contributed by atoms with Crippen LogP contribution in [-0.2, 0) is 15.7 Å². The molecule has 4 rings (SSSR count). The van der Waals surface area contributed by atoms with E-state index in [2.05, 4.69) is 15.0 Å². The van der Waals surface area contributed by atoms with E-state index in [9.17, 15) is 13.2 Å². The summed E-state index contributed by atoms with van der Waals surface area (Å²) in [5.74, 6) is 0.299. The van der Waals surface area contributed by atoms with Gasteiger partial charge in [0.1, 0.15) is 11.9 Å². The van der Waals surface area contributed by atoms with Crippen LogP contribution in [0.2, 0.25) is 0 Å². The molecule has 2 aromatic rings. The molecule has 30 heavy (non-hydrogen) atoms. The highest BCUT2D eigenvalue weighted by molar-refractivity contribution is 5.67. The molecule has 2 aliphatic rings. The number of hydrogen-bond acceptors (Lipinski definition) is 8. The highest BCUT2D eigenvalue weighted by Crippen LogP contribution is 2.38. The zero-order valence-corrected chi connectivity index (χ0v) is 16.2. The van der Waals surface area contributed by atoms with Crippen LogP contribution in [0, 0.1) is 0 Å². The predicted molar refractivity (Wildman–Crippen MR) is 102 cm³/mol. The molecule has 0 amide bonds. The van der Waals surface area contributed by atoms with Gasteiger partial charge in [0.05, 0.1) is 37.7 Å². The number of morpholine rings is 1. The highest BCUT2D eigenvalue weighted by atomic mass is 19.4. The van der Waals surface area contributed by atoms with Gasteiger partial charge in [0.15, 0.2) is 0 Å². The van der Waals surface area contributed by atoms with Gasteiger partial charge in [0, 0.05) is 43.8 Å². The molecule has 2 saturated heterocycles. The van der Waals surface area contributed by atoms with Crippen LogP contribution in [0.25, 0.3) is 11.3 Å². The fraction of sp³-hybridized carbons (Fsp3) is 0.526. The predicted octanol–water partition coefficient (Wildman–Crippen LogP) is 2.53. The molecule has 0 aromatic carbocycles. The molecule has 0 radical (unpaired) electrons. The summed E-state index contributed by atoms with van der Waals surface area (Å²) in [5.41, 5.74) is 4.50. The topological polar surface area (TPSA) is 95.6 Å². The number of nitrogens with two attached hydrogens (primary N) is 1. The molecule has 0 bridgehead atoms. The van der Waals surface area contributed by atoms with Crippen LogP contribution >= 0.6 is 0 Å². The number of alkyl halides is 3. The third kappa shape index (κ3) is 4.73. The second kappa shape index (κ2) is 8.60. The molecule has 2 aliphatic heterocycles. The quantitative estimate of drug-likeness (QED) is 0.799. The molecule has 162 valence electrons. The second-order valence-corrected chi connectivity index (χ2v) is 7.07. The van der Waals surface area contributed by atoms with Gasteiger partial charge in [0.25, 0.3) is 0 Å². The van der Waals surface area contributed by atoms with E-state index < -0.39 is 11.7 Å². The van der Waals surface area contributed by atoms with Crippen LogP contribution in [0.1, 0.15) is 18.4 Å². The maximum Gasteiger partial charge on any atom is 0.417 e. The molecule has 0 saturated carbocycles. The van der Waals surface area contributed by atoms with Crippen molar-refractivity contribution in [1.82, 2.24) is 15.0 Å². The minimum absolute atomic E-state index is 0.0772. The molecule has 2 fully saturated rings. The Bertz CT molecular complexity index is 884. The Hall–Kier alpha value is -2.66. The van der Waals surface area contributed by atoms with Gasteiger partial charge in [0.2, 0.25) is 11.8 Å². The fourth-order valence-corrected chi connectivity index (χ4v) is 3.39. The van der Waals surface area contributed by atoms with Gasteiger partial charge in [-0.1, -0.05) is 0 Å². The minimum Gasteiger partial charge on any atom is -0.474 e. The molecule has 2 aromatic heterocycles. The standard InChI is InChI=1S/C19H22F3N5O3/c20-19(21,22)14-9-16(23)24-11-13(14)15-10-17(30-12-1-5-28-6-2-12)26-18(25-15)27-3-7-29-8-4-27/h9-12H,1-8H2,(H2,23,24). The maximum atomic E-state index is 13.6. The number of hydrogen-bond donors (Lipinski definition) is 1. The average Bonchev–Trinajstić information content (AvgIpc) is 2.74. The second-order valence-electron chi connectivity index (χ2n) is 7.07. The SMILES string of the molecule is Nc1cc(C(F)(F)F)c(-c2cc(OC3CCOCC3)nc(N3CCOCC3)n2)cn1. The monoisotopic (exact) mass is 425 g/mol. The average molecular weight is 425 g/mol. The van der Waals surface area contributed by atoms with Crippen LogP contribution in [0.4, 0.5) is 24.9 Å². The van der Waals surface area contributed by atoms with Crippen molar-refractivity contribution >= 4 is 11.8 Å². The van der Waals surface area contributed by atoms with Crippen LogP contribution in [-0.4, -0.2) is 60.6 Å². The largest absolute Gasteiger partial charge is 0.474 e. The lowest BCUT2D eigenvalue weighted by Gasteiger charge is -2.28. The van der Waals surface area contributed by atoms with Crippen molar-refractivity contribution in [3.63, 3.8) is 0 Å². The summed E-state index contributed by atoms with van der Waals surface area (Å²) < 4.78 is 57.6. The van der Waals surface area contributed by atoms with E-state index in [0.717, 1.165) is 12.3 Å². The molecular weight excluding hydrogens is 403 g/mol. The van der Waals surface area contributed by atoms with E-state index in [-0.39, 0.29) is 29.1 Å². The van der Waals surface area contributed by atoms with Crippen molar-refractivity contribution in [2.24, 2.45) is 0 Å². The molecule has 4 heterocycles. The first-order valence-electron chi connectivity index (χ1n) is 9.69. The van der Waals surface area contributed by atoms with Gasteiger partial charge >= 0.3 is 6.18 Å². The lowest BCUT2D eigenvalue weighted by Crippen LogP contribution is -2.37. The Morgan fingerprint density at radius 3 is 2.43 bits per heavy atom. The number of nitrogens with zero attached hydrogens (tertiary/aromatic N) is 4. The van der Waals surface area contributed by atoms with E-state index in [0.29, 0.717) is 58.3 Å². The van der Waals surface area contributed by atoms with Crippen LogP contribution in [0.15, 0.2) is 18.3 Å². The number of halogens is 3. The first kappa shape index (κ1) is 20.6.